The molecule has 0 saturated carbocycles. The molecule has 0 bridgehead atoms. The summed E-state index contributed by atoms with van der Waals surface area (Å²) in [5, 5.41) is 2.08. The molecule has 0 amide bonds. The Bertz CT molecular complexity index is 312. The van der Waals surface area contributed by atoms with Gasteiger partial charge in [0.2, 0.25) is 0 Å². The first kappa shape index (κ1) is 14.6. The standard InChI is InChI=1S/C13H23NO2S/c1-10(2)9-15-5-6-16-12(8-14)13-11(3)4-7-17-13/h4,7,10,12H,5-6,8-9,14H2,1-3H3. The fourth-order valence-corrected chi connectivity index (χ4v) is 2.52. The van der Waals surface area contributed by atoms with Crippen LogP contribution in [0.1, 0.15) is 30.4 Å². The third-order valence-electron chi connectivity index (χ3n) is 2.41. The molecule has 0 aliphatic carbocycles. The van der Waals surface area contributed by atoms with Gasteiger partial charge in [0, 0.05) is 18.0 Å². The van der Waals surface area contributed by atoms with Crippen LogP contribution in [0.25, 0.3) is 0 Å². The quantitative estimate of drug-likeness (QED) is 0.728. The molecule has 2 N–H and O–H groups in total. The number of hydrogen-bond donors (Lipinski definition) is 1. The number of thiophene rings is 1. The van der Waals surface area contributed by atoms with Crippen LogP contribution in [0, 0.1) is 12.8 Å². The first-order valence-electron chi connectivity index (χ1n) is 6.08. The molecule has 0 aromatic carbocycles. The molecular formula is C13H23NO2S. The summed E-state index contributed by atoms with van der Waals surface area (Å²) in [4.78, 5) is 1.23. The van der Waals surface area contributed by atoms with Gasteiger partial charge in [-0.15, -0.1) is 11.3 Å². The van der Waals surface area contributed by atoms with Gasteiger partial charge in [0.05, 0.1) is 13.2 Å². The van der Waals surface area contributed by atoms with E-state index in [0.29, 0.717) is 25.7 Å². The van der Waals surface area contributed by atoms with Crippen LogP contribution < -0.4 is 5.73 Å². The predicted molar refractivity (Wildman–Crippen MR) is 72.5 cm³/mol. The molecule has 0 aliphatic rings. The van der Waals surface area contributed by atoms with E-state index in [9.17, 15) is 0 Å². The highest BCUT2D eigenvalue weighted by molar-refractivity contribution is 7.10. The monoisotopic (exact) mass is 257 g/mol. The summed E-state index contributed by atoms with van der Waals surface area (Å²) in [6, 6.07) is 2.10. The van der Waals surface area contributed by atoms with E-state index >= 15 is 0 Å². The Morgan fingerprint density at radius 2 is 2.12 bits per heavy atom. The fourth-order valence-electron chi connectivity index (χ4n) is 1.53. The van der Waals surface area contributed by atoms with Crippen LogP contribution in [0.2, 0.25) is 0 Å². The minimum Gasteiger partial charge on any atom is -0.379 e. The Balaban J connectivity index is 2.27. The summed E-state index contributed by atoms with van der Waals surface area (Å²) in [6.45, 7) is 8.91. The van der Waals surface area contributed by atoms with Crippen LogP contribution in [-0.4, -0.2) is 26.4 Å². The van der Waals surface area contributed by atoms with E-state index in [4.69, 9.17) is 15.2 Å². The van der Waals surface area contributed by atoms with Crippen molar-refractivity contribution in [3.8, 4) is 0 Å². The third-order valence-corrected chi connectivity index (χ3v) is 3.52. The number of hydrogen-bond acceptors (Lipinski definition) is 4. The maximum absolute atomic E-state index is 5.76. The van der Waals surface area contributed by atoms with E-state index < -0.39 is 0 Å². The highest BCUT2D eigenvalue weighted by Crippen LogP contribution is 2.25. The van der Waals surface area contributed by atoms with Gasteiger partial charge in [0.15, 0.2) is 0 Å². The van der Waals surface area contributed by atoms with Crippen LogP contribution >= 0.6 is 11.3 Å². The molecule has 4 heteroatoms. The lowest BCUT2D eigenvalue weighted by Crippen LogP contribution is -2.18. The summed E-state index contributed by atoms with van der Waals surface area (Å²) in [7, 11) is 0. The minimum atomic E-state index is 0.0117. The average Bonchev–Trinajstić information content (AvgIpc) is 2.70. The van der Waals surface area contributed by atoms with Crippen molar-refractivity contribution in [3.05, 3.63) is 21.9 Å². The van der Waals surface area contributed by atoms with Gasteiger partial charge in [0.25, 0.3) is 0 Å². The van der Waals surface area contributed by atoms with Crippen LogP contribution in [0.4, 0.5) is 0 Å². The zero-order valence-electron chi connectivity index (χ0n) is 10.9. The van der Waals surface area contributed by atoms with Crippen LogP contribution in [0.3, 0.4) is 0 Å². The fraction of sp³-hybridized carbons (Fsp3) is 0.692. The molecule has 1 heterocycles. The van der Waals surface area contributed by atoms with E-state index in [1.54, 1.807) is 11.3 Å². The molecule has 3 nitrogen and oxygen atoms in total. The van der Waals surface area contributed by atoms with Gasteiger partial charge in [0.1, 0.15) is 6.10 Å². The zero-order chi connectivity index (χ0) is 12.7. The molecule has 0 aliphatic heterocycles. The van der Waals surface area contributed by atoms with Gasteiger partial charge in [-0.05, 0) is 29.9 Å². The van der Waals surface area contributed by atoms with Crippen molar-refractivity contribution in [2.45, 2.75) is 26.9 Å². The van der Waals surface area contributed by atoms with Gasteiger partial charge in [-0.1, -0.05) is 13.8 Å². The minimum absolute atomic E-state index is 0.0117. The van der Waals surface area contributed by atoms with Crippen molar-refractivity contribution in [1.29, 1.82) is 0 Å². The average molecular weight is 257 g/mol. The zero-order valence-corrected chi connectivity index (χ0v) is 11.8. The summed E-state index contributed by atoms with van der Waals surface area (Å²) < 4.78 is 11.2. The van der Waals surface area contributed by atoms with Gasteiger partial charge in [-0.25, -0.2) is 0 Å². The molecule has 1 aromatic heterocycles. The number of aryl methyl sites for hydroxylation is 1. The molecule has 0 fully saturated rings. The van der Waals surface area contributed by atoms with Crippen LogP contribution in [0.5, 0.6) is 0 Å². The molecule has 1 atom stereocenters. The summed E-state index contributed by atoms with van der Waals surface area (Å²) >= 11 is 1.71. The Hall–Kier alpha value is -0.420. The van der Waals surface area contributed by atoms with Crippen molar-refractivity contribution in [2.24, 2.45) is 11.7 Å². The van der Waals surface area contributed by atoms with E-state index in [1.165, 1.54) is 10.4 Å². The third kappa shape index (κ3) is 5.17. The SMILES string of the molecule is Cc1ccsc1C(CN)OCCOCC(C)C. The van der Waals surface area contributed by atoms with E-state index in [0.717, 1.165) is 6.61 Å². The van der Waals surface area contributed by atoms with Gasteiger partial charge >= 0.3 is 0 Å². The van der Waals surface area contributed by atoms with Crippen LogP contribution in [-0.2, 0) is 9.47 Å². The van der Waals surface area contributed by atoms with Crippen molar-refractivity contribution >= 4 is 11.3 Å². The van der Waals surface area contributed by atoms with Crippen LogP contribution in [0.15, 0.2) is 11.4 Å². The molecular weight excluding hydrogens is 234 g/mol. The normalized spacial score (nSPS) is 13.2. The van der Waals surface area contributed by atoms with Crippen molar-refractivity contribution in [1.82, 2.24) is 0 Å². The topological polar surface area (TPSA) is 44.5 Å². The largest absolute Gasteiger partial charge is 0.379 e. The molecule has 17 heavy (non-hydrogen) atoms. The highest BCUT2D eigenvalue weighted by atomic mass is 32.1. The summed E-state index contributed by atoms with van der Waals surface area (Å²) in [5.74, 6) is 0.569. The van der Waals surface area contributed by atoms with Gasteiger partial charge < -0.3 is 15.2 Å². The Labute approximate surface area is 108 Å². The Kier molecular flexibility index (Phi) is 6.73. The molecule has 1 rings (SSSR count). The smallest absolute Gasteiger partial charge is 0.104 e. The molecule has 1 aromatic rings. The summed E-state index contributed by atoms with van der Waals surface area (Å²) in [6.07, 6.45) is 0.0117. The molecule has 0 radical (unpaired) electrons. The Morgan fingerprint density at radius 3 is 2.65 bits per heavy atom. The highest BCUT2D eigenvalue weighted by Gasteiger charge is 2.13. The second-order valence-electron chi connectivity index (χ2n) is 4.53. The van der Waals surface area contributed by atoms with Crippen molar-refractivity contribution in [3.63, 3.8) is 0 Å². The maximum Gasteiger partial charge on any atom is 0.104 e. The van der Waals surface area contributed by atoms with Gasteiger partial charge in [-0.2, -0.15) is 0 Å². The van der Waals surface area contributed by atoms with E-state index in [2.05, 4.69) is 32.2 Å². The lowest BCUT2D eigenvalue weighted by molar-refractivity contribution is 0.00287. The van der Waals surface area contributed by atoms with E-state index in [1.807, 2.05) is 0 Å². The number of nitrogens with two attached hydrogens (primary N) is 1. The number of rotatable bonds is 8. The Morgan fingerprint density at radius 1 is 1.35 bits per heavy atom. The van der Waals surface area contributed by atoms with Crippen molar-refractivity contribution in [2.75, 3.05) is 26.4 Å². The van der Waals surface area contributed by atoms with Gasteiger partial charge in [-0.3, -0.25) is 0 Å². The van der Waals surface area contributed by atoms with Crippen molar-refractivity contribution < 1.29 is 9.47 Å². The lowest BCUT2D eigenvalue weighted by atomic mass is 10.2. The first-order chi connectivity index (χ1) is 8.15. The number of ether oxygens (including phenoxy) is 2. The predicted octanol–water partition coefficient (Wildman–Crippen LogP) is 2.75. The molecule has 0 saturated heterocycles. The maximum atomic E-state index is 5.76. The molecule has 0 spiro atoms. The second kappa shape index (κ2) is 7.82. The molecule has 98 valence electrons. The molecule has 1 unspecified atom stereocenters. The van der Waals surface area contributed by atoms with E-state index in [-0.39, 0.29) is 6.10 Å². The second-order valence-corrected chi connectivity index (χ2v) is 5.48. The summed E-state index contributed by atoms with van der Waals surface area (Å²) in [5.41, 5.74) is 6.99. The first-order valence-corrected chi connectivity index (χ1v) is 6.96. The lowest BCUT2D eigenvalue weighted by Gasteiger charge is -2.16.